The summed E-state index contributed by atoms with van der Waals surface area (Å²) in [6.45, 7) is 0.137. The van der Waals surface area contributed by atoms with Gasteiger partial charge in [0.05, 0.1) is 111 Å². The van der Waals surface area contributed by atoms with E-state index in [9.17, 15) is 102 Å². The van der Waals surface area contributed by atoms with Crippen molar-refractivity contribution in [3.05, 3.63) is 233 Å². The van der Waals surface area contributed by atoms with Crippen molar-refractivity contribution in [2.75, 3.05) is 90.1 Å². The highest BCUT2D eigenvalue weighted by Crippen LogP contribution is 2.37. The Labute approximate surface area is 818 Å². The molecule has 5 heterocycles. The summed E-state index contributed by atoms with van der Waals surface area (Å²) in [4.78, 5) is 100. The van der Waals surface area contributed by atoms with Crippen LogP contribution in [0.25, 0.3) is 21.8 Å². The van der Waals surface area contributed by atoms with Crippen molar-refractivity contribution in [3.8, 4) is 51.7 Å². The van der Waals surface area contributed by atoms with E-state index < -0.39 is 91.7 Å². The summed E-state index contributed by atoms with van der Waals surface area (Å²) in [6.07, 6.45) is -8.37. The number of pyridine rings is 2. The van der Waals surface area contributed by atoms with Gasteiger partial charge in [-0.2, -0.15) is 0 Å². The maximum atomic E-state index is 12.8. The molecule has 0 fully saturated rings. The smallest absolute Gasteiger partial charge is 0.369 e. The number of urea groups is 2. The van der Waals surface area contributed by atoms with E-state index >= 15 is 0 Å². The number of hydrogen-bond donors (Lipinski definition) is 7. The first-order chi connectivity index (χ1) is 64.9. The number of carbonyl (C=O) groups excluding carboxylic acids is 6. The highest BCUT2D eigenvalue weighted by Gasteiger charge is 2.30. The number of benzene rings is 8. The van der Waals surface area contributed by atoms with Gasteiger partial charge >= 0.3 is 15.2 Å². The number of phenols is 1. The number of ether oxygens (including phenoxy) is 7. The van der Waals surface area contributed by atoms with Crippen LogP contribution in [0, 0.1) is 20.2 Å². The van der Waals surface area contributed by atoms with Gasteiger partial charge in [0.15, 0.2) is 6.29 Å². The summed E-state index contributed by atoms with van der Waals surface area (Å²) >= 11 is 17.3. The summed E-state index contributed by atoms with van der Waals surface area (Å²) in [7, 11) is 8.87. The van der Waals surface area contributed by atoms with E-state index in [2.05, 4.69) is 67.9 Å². The highest BCUT2D eigenvalue weighted by atomic mass is 127. The lowest BCUT2D eigenvalue weighted by molar-refractivity contribution is -0.385. The highest BCUT2D eigenvalue weighted by molar-refractivity contribution is 14.1. The number of nitro benzene ring substituents is 2. The molecular weight excluding hydrogens is 2150 g/mol. The number of hydrogen-bond acceptors (Lipinski definition) is 22. The molecule has 13 rings (SSSR count). The lowest BCUT2D eigenvalue weighted by Gasteiger charge is -2.29. The Kier molecular flexibility index (Phi) is 50.2. The molecule has 0 bridgehead atoms. The molecule has 3 aliphatic rings. The molecule has 10 aromatic rings. The number of amides is 7. The molecule has 8 aromatic carbocycles. The number of aromatic hydroxyl groups is 1. The average Bonchev–Trinajstić information content (AvgIpc) is 0.782. The standard InChI is InChI=1S/C22H19F2N3O4.C11H9ClN2O2.C11H12F2N2O2.C11H13F2NO3.C11H15F2NO.C10H10F2N2O2.C8H7NO4.C3H8FN.CH3I.BBr3/c1-30-19-9-17-15(8-16(19)22(25)29)18(4-5-26-17)31-14-3-2-12-7-21(28)27(11-20(23)24)10-13(12)6-14;1-16-10-5-9-6(4-7(10)11(13)15)8(12)2-3-14-9;1-17-8-2-3-9-7(4-8)5-15(6-10(12)13)11(16)14-9;1-17-9-5-6-10(14(15)16)8(7-9)3-2-4-11(12)13;1-15-9-5-6-10(14)8(7-9)3-2-4-11(12)13;11-9(12)5-14-4-6-3-7(15)1-2-8(6)13-10(14)16;1-13-7-2-3-8(9(11)12)6(4-7)5-10;1-3(4)2-5;1-2;2-1(3)4/h2-6,8-9,20H,7,10-11H2,1H3,(H2,25,29);2-5H,1H3,(H2,13,15);2-4,10H,5-6H2,1H3,(H,14,16);5-7,11H,2-4H2,1H3;5-7,11H,2-4,14H2,1H3;1-3,9,15H,4-5H2,(H,13,16);2-5H,1H3;3H,2,5H2,1H3;1H3;/i;;;;;;;;1D;. The van der Waals surface area contributed by atoms with E-state index in [-0.39, 0.29) is 95.6 Å². The Morgan fingerprint density at radius 3 is 1.44 bits per heavy atom. The van der Waals surface area contributed by atoms with Crippen molar-refractivity contribution in [1.82, 2.24) is 24.7 Å². The number of aryl methyl sites for hydroxylation is 2. The van der Waals surface area contributed by atoms with Crippen LogP contribution in [0.1, 0.15) is 98.4 Å². The van der Waals surface area contributed by atoms with Gasteiger partial charge in [0.25, 0.3) is 42.5 Å². The number of nitrogens with two attached hydrogens (primary N) is 4. The molecule has 48 heteroatoms. The third-order valence-corrected chi connectivity index (χ3v) is 19.1. The maximum Gasteiger partial charge on any atom is 0.369 e. The van der Waals surface area contributed by atoms with E-state index in [0.717, 1.165) is 37.0 Å². The normalized spacial score (nSPS) is 12.1. The van der Waals surface area contributed by atoms with E-state index in [4.69, 9.17) is 69.1 Å². The third-order valence-electron chi connectivity index (χ3n) is 18.7. The number of aromatic nitrogens is 2. The predicted octanol–water partition coefficient (Wildman–Crippen LogP) is 20.6. The number of nitro groups is 2. The number of anilines is 3. The van der Waals surface area contributed by atoms with Crippen molar-refractivity contribution in [1.29, 1.82) is 0 Å². The molecule has 0 saturated heterocycles. The summed E-state index contributed by atoms with van der Waals surface area (Å²) in [6, 6.07) is 37.0. The molecule has 0 spiro atoms. The number of primary amides is 2. The topological polar surface area (TPSA) is 437 Å². The zero-order valence-corrected chi connectivity index (χ0v) is 81.3. The molecular formula is C88H96BBr3ClF11IN13O18. The number of aldehydes is 1. The van der Waals surface area contributed by atoms with Crippen LogP contribution in [0.5, 0.6) is 51.7 Å². The first kappa shape index (κ1) is 114. The summed E-state index contributed by atoms with van der Waals surface area (Å²) < 4.78 is 176. The molecule has 31 nitrogen and oxygen atoms in total. The number of carbonyl (C=O) groups is 6. The van der Waals surface area contributed by atoms with Crippen LogP contribution < -0.4 is 66.7 Å². The Hall–Kier alpha value is -12.1. The minimum absolute atomic E-state index is 0.0179. The summed E-state index contributed by atoms with van der Waals surface area (Å²) in [5.41, 5.74) is 28.7. The van der Waals surface area contributed by atoms with Crippen molar-refractivity contribution in [2.24, 2.45) is 17.2 Å². The van der Waals surface area contributed by atoms with Crippen molar-refractivity contribution in [2.45, 2.75) is 110 Å². The Morgan fingerprint density at radius 1 is 0.559 bits per heavy atom. The second-order valence-electron chi connectivity index (χ2n) is 28.1. The molecule has 3 aliphatic heterocycles. The second kappa shape index (κ2) is 59.7. The fourth-order valence-corrected chi connectivity index (χ4v) is 12.5. The third kappa shape index (κ3) is 39.0. The van der Waals surface area contributed by atoms with E-state index in [1.54, 1.807) is 117 Å². The first-order valence-electron chi connectivity index (χ1n) is 40.5. The number of halogens is 16. The molecule has 11 N–H and O–H groups in total. The zero-order chi connectivity index (χ0) is 102. The average molecular weight is 2250 g/mol. The Balaban J connectivity index is 0.000000333. The zero-order valence-electron chi connectivity index (χ0n) is 74.6. The van der Waals surface area contributed by atoms with Gasteiger partial charge in [0.1, 0.15) is 57.9 Å². The molecule has 0 radical (unpaired) electrons. The lowest BCUT2D eigenvalue weighted by atomic mass is 9.99. The monoisotopic (exact) mass is 2240 g/mol. The number of nitrogen functional groups attached to an aromatic ring is 1. The largest absolute Gasteiger partial charge is 0.508 e. The number of nitrogens with one attached hydrogen (secondary N) is 2. The number of alkyl halides is 12. The molecule has 0 aliphatic carbocycles. The van der Waals surface area contributed by atoms with Crippen LogP contribution in [0.2, 0.25) is 5.02 Å². The van der Waals surface area contributed by atoms with Crippen LogP contribution in [-0.4, -0.2) is 191 Å². The van der Waals surface area contributed by atoms with Gasteiger partial charge in [-0.3, -0.25) is 49.4 Å². The lowest BCUT2D eigenvalue weighted by Crippen LogP contribution is -2.41. The molecule has 0 saturated carbocycles. The van der Waals surface area contributed by atoms with Gasteiger partial charge in [-0.05, 0) is 181 Å². The Bertz CT molecular complexity index is 5670. The molecule has 136 heavy (non-hydrogen) atoms. The fraction of sp³-hybridized carbons (Fsp3) is 0.318. The molecule has 736 valence electrons. The SMILES string of the molecule is BrB(Br)Br.CC(F)CN.COc1cc2nccc(Cl)c2cc1C(N)=O.COc1cc2nccc(Oc3ccc4c(c3)CN(CC(F)F)C(=O)C4)c2cc1C(N)=O.COc1ccc(N)c(CCCC(F)F)c1.COc1ccc([N+](=O)[O-])c(C=O)c1.COc1ccc([N+](=O)[O-])c(CCCC(F)F)c1.COc1ccc2c(c1)CN(CC(F)F)C(=O)N2.O=C1Nc2ccc(O)cc2CN1CC(F)F.[2H]CI. The van der Waals surface area contributed by atoms with E-state index in [1.165, 1.54) is 91.0 Å². The minimum atomic E-state index is -2.59. The molecule has 7 amide bonds. The molecule has 1 atom stereocenters. The van der Waals surface area contributed by atoms with Crippen molar-refractivity contribution >= 4 is 171 Å². The molecule has 1 unspecified atom stereocenters. The first-order valence-corrected chi connectivity index (χ1v) is 44.5. The fourth-order valence-electron chi connectivity index (χ4n) is 12.3. The maximum absolute atomic E-state index is 12.8. The summed E-state index contributed by atoms with van der Waals surface area (Å²) in [5, 5.41) is 37.2. The van der Waals surface area contributed by atoms with Crippen LogP contribution in [0.15, 0.2) is 158 Å². The number of nitrogens with zero attached hydrogens (tertiary/aromatic N) is 7. The number of rotatable bonds is 28. The van der Waals surface area contributed by atoms with E-state index in [0.29, 0.717) is 131 Å². The number of fused-ring (bicyclic) bond motifs is 5. The number of phenolic OH excluding ortho intramolecular Hbond substituents is 1. The molecule has 2 aromatic heterocycles. The van der Waals surface area contributed by atoms with Crippen LogP contribution in [0.3, 0.4) is 0 Å². The van der Waals surface area contributed by atoms with Crippen LogP contribution in [-0.2, 0) is 43.7 Å². The van der Waals surface area contributed by atoms with Crippen molar-refractivity contribution < 1.29 is 127 Å². The van der Waals surface area contributed by atoms with Gasteiger partial charge < -0.3 is 86.5 Å². The number of methoxy groups -OCH3 is 6. The van der Waals surface area contributed by atoms with Gasteiger partial charge in [0.2, 0.25) is 18.8 Å². The van der Waals surface area contributed by atoms with Gasteiger partial charge in [0, 0.05) is 110 Å². The Morgan fingerprint density at radius 2 is 0.971 bits per heavy atom. The van der Waals surface area contributed by atoms with E-state index in [1.807, 2.05) is 22.6 Å². The predicted molar refractivity (Wildman–Crippen MR) is 514 cm³/mol. The van der Waals surface area contributed by atoms with Gasteiger partial charge in [-0.15, -0.1) is 47.3 Å². The van der Waals surface area contributed by atoms with Crippen LogP contribution >= 0.6 is 81.5 Å². The second-order valence-corrected chi connectivity index (χ2v) is 34.9. The van der Waals surface area contributed by atoms with Gasteiger partial charge in [-0.25, -0.2) is 57.9 Å². The quantitative estimate of drug-likeness (QED) is 0.00276. The minimum Gasteiger partial charge on any atom is -0.508 e. The summed E-state index contributed by atoms with van der Waals surface area (Å²) in [5.74, 6) is 2.38. The van der Waals surface area contributed by atoms with Crippen molar-refractivity contribution in [3.63, 3.8) is 0 Å². The van der Waals surface area contributed by atoms with Gasteiger partial charge in [-0.1, -0.05) is 40.3 Å². The van der Waals surface area contributed by atoms with Crippen LogP contribution in [0.4, 0.5) is 86.3 Å².